The van der Waals surface area contributed by atoms with Gasteiger partial charge in [-0.25, -0.2) is 0 Å². The predicted octanol–water partition coefficient (Wildman–Crippen LogP) is 2.78. The summed E-state index contributed by atoms with van der Waals surface area (Å²) in [7, 11) is 0. The van der Waals surface area contributed by atoms with Crippen molar-refractivity contribution in [3.05, 3.63) is 24.3 Å². The van der Waals surface area contributed by atoms with E-state index in [4.69, 9.17) is 0 Å². The van der Waals surface area contributed by atoms with Crippen molar-refractivity contribution >= 4 is 0 Å². The molecule has 0 fully saturated rings. The Morgan fingerprint density at radius 2 is 1.80 bits per heavy atom. The van der Waals surface area contributed by atoms with Gasteiger partial charge in [-0.1, -0.05) is 30.6 Å². The lowest BCUT2D eigenvalue weighted by atomic mass is 10.1. The van der Waals surface area contributed by atoms with Gasteiger partial charge < -0.3 is 0 Å². The van der Waals surface area contributed by atoms with Crippen molar-refractivity contribution in [3.8, 4) is 11.8 Å². The number of hydrogen-bond donors (Lipinski definition) is 0. The standard InChI is InChI=1S/C10H14/c1-8(2)6-7-10(5)9(3)4/h10H,1,3H2,2,4-5H3. The lowest BCUT2D eigenvalue weighted by Gasteiger charge is -1.98. The first-order valence-corrected chi connectivity index (χ1v) is 3.36. The van der Waals surface area contributed by atoms with Gasteiger partial charge in [0.05, 0.1) is 0 Å². The lowest BCUT2D eigenvalue weighted by Crippen LogP contribution is -1.89. The van der Waals surface area contributed by atoms with Gasteiger partial charge >= 0.3 is 0 Å². The average molecular weight is 134 g/mol. The summed E-state index contributed by atoms with van der Waals surface area (Å²) in [5.41, 5.74) is 2.02. The van der Waals surface area contributed by atoms with Crippen LogP contribution in [0.25, 0.3) is 0 Å². The van der Waals surface area contributed by atoms with E-state index >= 15 is 0 Å². The molecule has 0 spiro atoms. The molecule has 0 bridgehead atoms. The van der Waals surface area contributed by atoms with Crippen molar-refractivity contribution in [3.63, 3.8) is 0 Å². The Labute approximate surface area is 63.6 Å². The summed E-state index contributed by atoms with van der Waals surface area (Å²) in [6.45, 7) is 13.4. The van der Waals surface area contributed by atoms with E-state index in [1.54, 1.807) is 0 Å². The molecule has 0 saturated heterocycles. The predicted molar refractivity (Wildman–Crippen MR) is 46.6 cm³/mol. The first-order valence-electron chi connectivity index (χ1n) is 3.36. The molecule has 0 aliphatic heterocycles. The van der Waals surface area contributed by atoms with Crippen LogP contribution in [0.5, 0.6) is 0 Å². The van der Waals surface area contributed by atoms with Crippen LogP contribution in [0.3, 0.4) is 0 Å². The molecule has 10 heavy (non-hydrogen) atoms. The van der Waals surface area contributed by atoms with Crippen LogP contribution in [-0.2, 0) is 0 Å². The highest BCUT2D eigenvalue weighted by Gasteiger charge is 1.93. The Kier molecular flexibility index (Phi) is 3.57. The largest absolute Gasteiger partial charge is 0.0989 e. The zero-order valence-corrected chi connectivity index (χ0v) is 6.99. The third-order valence-electron chi connectivity index (χ3n) is 1.24. The van der Waals surface area contributed by atoms with E-state index in [2.05, 4.69) is 25.0 Å². The molecule has 0 amide bonds. The molecule has 1 atom stereocenters. The molecule has 54 valence electrons. The van der Waals surface area contributed by atoms with E-state index in [9.17, 15) is 0 Å². The van der Waals surface area contributed by atoms with Crippen molar-refractivity contribution in [1.82, 2.24) is 0 Å². The minimum absolute atomic E-state index is 0.289. The summed E-state index contributed by atoms with van der Waals surface area (Å²) >= 11 is 0. The summed E-state index contributed by atoms with van der Waals surface area (Å²) in [5.74, 6) is 6.24. The topological polar surface area (TPSA) is 0 Å². The van der Waals surface area contributed by atoms with Crippen molar-refractivity contribution in [2.75, 3.05) is 0 Å². The molecule has 0 saturated carbocycles. The number of allylic oxidation sites excluding steroid dienone is 2. The quantitative estimate of drug-likeness (QED) is 0.382. The SMILES string of the molecule is C=C(C)C#CC(C)C(=C)C. The Hall–Kier alpha value is -0.960. The molecule has 0 radical (unpaired) electrons. The minimum atomic E-state index is 0.289. The fraction of sp³-hybridized carbons (Fsp3) is 0.400. The molecule has 0 aromatic heterocycles. The van der Waals surface area contributed by atoms with Crippen LogP contribution >= 0.6 is 0 Å². The molecule has 0 aromatic rings. The van der Waals surface area contributed by atoms with Gasteiger partial charge in [-0.2, -0.15) is 0 Å². The molecule has 0 aromatic carbocycles. The van der Waals surface area contributed by atoms with E-state index in [1.807, 2.05) is 20.8 Å². The Balaban J connectivity index is 4.05. The maximum atomic E-state index is 3.80. The highest BCUT2D eigenvalue weighted by Crippen LogP contribution is 2.04. The molecule has 0 N–H and O–H groups in total. The second kappa shape index (κ2) is 3.95. The summed E-state index contributed by atoms with van der Waals surface area (Å²) in [4.78, 5) is 0. The van der Waals surface area contributed by atoms with Crippen molar-refractivity contribution in [1.29, 1.82) is 0 Å². The highest BCUT2D eigenvalue weighted by atomic mass is 14.0. The Morgan fingerprint density at radius 1 is 1.30 bits per heavy atom. The van der Waals surface area contributed by atoms with E-state index < -0.39 is 0 Å². The monoisotopic (exact) mass is 134 g/mol. The van der Waals surface area contributed by atoms with Crippen LogP contribution in [0.2, 0.25) is 0 Å². The third-order valence-corrected chi connectivity index (χ3v) is 1.24. The second-order valence-electron chi connectivity index (χ2n) is 2.62. The van der Waals surface area contributed by atoms with Gasteiger partial charge in [0.2, 0.25) is 0 Å². The van der Waals surface area contributed by atoms with Crippen LogP contribution in [0.15, 0.2) is 24.3 Å². The molecule has 0 heteroatoms. The molecular formula is C10H14. The van der Waals surface area contributed by atoms with Crippen molar-refractivity contribution in [2.45, 2.75) is 20.8 Å². The van der Waals surface area contributed by atoms with Crippen LogP contribution in [-0.4, -0.2) is 0 Å². The fourth-order valence-corrected chi connectivity index (χ4v) is 0.355. The van der Waals surface area contributed by atoms with Gasteiger partial charge in [0, 0.05) is 5.92 Å². The number of rotatable bonds is 1. The van der Waals surface area contributed by atoms with Crippen LogP contribution in [0.4, 0.5) is 0 Å². The molecular weight excluding hydrogens is 120 g/mol. The van der Waals surface area contributed by atoms with E-state index in [1.165, 1.54) is 0 Å². The highest BCUT2D eigenvalue weighted by molar-refractivity contribution is 5.26. The van der Waals surface area contributed by atoms with Gasteiger partial charge in [-0.15, -0.1) is 0 Å². The molecule has 0 nitrogen and oxygen atoms in total. The van der Waals surface area contributed by atoms with E-state index in [0.717, 1.165) is 11.1 Å². The summed E-state index contributed by atoms with van der Waals surface area (Å²) < 4.78 is 0. The molecule has 0 rings (SSSR count). The summed E-state index contributed by atoms with van der Waals surface area (Å²) in [5, 5.41) is 0. The zero-order valence-electron chi connectivity index (χ0n) is 6.99. The lowest BCUT2D eigenvalue weighted by molar-refractivity contribution is 0.902. The van der Waals surface area contributed by atoms with Gasteiger partial charge in [-0.05, 0) is 26.3 Å². The van der Waals surface area contributed by atoms with Crippen LogP contribution < -0.4 is 0 Å². The van der Waals surface area contributed by atoms with Crippen LogP contribution in [0, 0.1) is 17.8 Å². The Bertz CT molecular complexity index is 198. The van der Waals surface area contributed by atoms with Crippen molar-refractivity contribution < 1.29 is 0 Å². The zero-order chi connectivity index (χ0) is 8.15. The van der Waals surface area contributed by atoms with E-state index in [0.29, 0.717) is 0 Å². The fourth-order valence-electron chi connectivity index (χ4n) is 0.355. The van der Waals surface area contributed by atoms with Gasteiger partial charge in [-0.3, -0.25) is 0 Å². The molecule has 0 aliphatic rings. The minimum Gasteiger partial charge on any atom is -0.0989 e. The maximum Gasteiger partial charge on any atom is 0.0382 e. The number of hydrogen-bond acceptors (Lipinski definition) is 0. The first-order chi connectivity index (χ1) is 4.54. The third kappa shape index (κ3) is 3.97. The van der Waals surface area contributed by atoms with Gasteiger partial charge in [0.1, 0.15) is 0 Å². The second-order valence-corrected chi connectivity index (χ2v) is 2.62. The van der Waals surface area contributed by atoms with Gasteiger partial charge in [0.15, 0.2) is 0 Å². The average Bonchev–Trinajstić information content (AvgIpc) is 1.82. The normalized spacial score (nSPS) is 11.1. The molecule has 0 aliphatic carbocycles. The smallest absolute Gasteiger partial charge is 0.0382 e. The Morgan fingerprint density at radius 3 is 2.10 bits per heavy atom. The first kappa shape index (κ1) is 9.04. The molecule has 1 unspecified atom stereocenters. The van der Waals surface area contributed by atoms with Crippen LogP contribution in [0.1, 0.15) is 20.8 Å². The van der Waals surface area contributed by atoms with Crippen molar-refractivity contribution in [2.24, 2.45) is 5.92 Å². The summed E-state index contributed by atoms with van der Waals surface area (Å²) in [6.07, 6.45) is 0. The summed E-state index contributed by atoms with van der Waals surface area (Å²) in [6, 6.07) is 0. The molecule has 0 heterocycles. The van der Waals surface area contributed by atoms with E-state index in [-0.39, 0.29) is 5.92 Å². The maximum absolute atomic E-state index is 3.80. The van der Waals surface area contributed by atoms with Gasteiger partial charge in [0.25, 0.3) is 0 Å².